The van der Waals surface area contributed by atoms with Crippen molar-refractivity contribution < 1.29 is 9.47 Å². The predicted octanol–water partition coefficient (Wildman–Crippen LogP) is 3.69. The third-order valence-electron chi connectivity index (χ3n) is 5.17. The molecule has 1 N–H and O–H groups in total. The van der Waals surface area contributed by atoms with E-state index >= 15 is 0 Å². The lowest BCUT2D eigenvalue weighted by Gasteiger charge is -2.38. The normalized spacial score (nSPS) is 19.3. The number of piperidine rings is 1. The molecule has 6 nitrogen and oxygen atoms in total. The smallest absolute Gasteiger partial charge is 0.171 e. The van der Waals surface area contributed by atoms with Gasteiger partial charge in [-0.25, -0.2) is 9.97 Å². The highest BCUT2D eigenvalue weighted by atomic mass is 16.7. The van der Waals surface area contributed by atoms with Crippen molar-refractivity contribution in [1.82, 2.24) is 9.97 Å². The second kappa shape index (κ2) is 7.21. The summed E-state index contributed by atoms with van der Waals surface area (Å²) >= 11 is 0. The maximum atomic E-state index is 5.80. The molecule has 0 saturated carbocycles. The number of aromatic nitrogens is 2. The summed E-state index contributed by atoms with van der Waals surface area (Å²) < 4.78 is 11.6. The van der Waals surface area contributed by atoms with Gasteiger partial charge in [0.1, 0.15) is 18.0 Å². The van der Waals surface area contributed by atoms with Gasteiger partial charge in [0, 0.05) is 37.7 Å². The summed E-state index contributed by atoms with van der Waals surface area (Å²) in [5, 5.41) is 3.37. The topological polar surface area (TPSA) is 59.5 Å². The lowest BCUT2D eigenvalue weighted by Crippen LogP contribution is -2.45. The minimum atomic E-state index is -0.358. The number of ether oxygens (including phenoxy) is 2. The van der Waals surface area contributed by atoms with Crippen LogP contribution in [0, 0.1) is 0 Å². The highest BCUT2D eigenvalue weighted by molar-refractivity contribution is 5.59. The molecule has 0 unspecified atom stereocenters. The van der Waals surface area contributed by atoms with E-state index in [4.69, 9.17) is 9.47 Å². The van der Waals surface area contributed by atoms with E-state index in [9.17, 15) is 0 Å². The van der Waals surface area contributed by atoms with Crippen molar-refractivity contribution in [2.75, 3.05) is 36.5 Å². The quantitative estimate of drug-likeness (QED) is 0.904. The van der Waals surface area contributed by atoms with Gasteiger partial charge in [0.25, 0.3) is 0 Å². The van der Waals surface area contributed by atoms with Crippen molar-refractivity contribution >= 4 is 17.3 Å². The number of nitrogens with one attached hydrogen (secondary N) is 1. The Morgan fingerprint density at radius 3 is 2.38 bits per heavy atom. The maximum Gasteiger partial charge on any atom is 0.171 e. The van der Waals surface area contributed by atoms with E-state index in [1.807, 2.05) is 6.07 Å². The molecule has 138 valence electrons. The van der Waals surface area contributed by atoms with Crippen molar-refractivity contribution in [3.05, 3.63) is 42.2 Å². The van der Waals surface area contributed by atoms with Gasteiger partial charge >= 0.3 is 0 Å². The fraction of sp³-hybridized carbons (Fsp3) is 0.500. The molecule has 1 aromatic carbocycles. The minimum absolute atomic E-state index is 0.358. The van der Waals surface area contributed by atoms with Crippen LogP contribution in [-0.2, 0) is 9.47 Å². The van der Waals surface area contributed by atoms with Crippen molar-refractivity contribution in [2.45, 2.75) is 38.4 Å². The fourth-order valence-electron chi connectivity index (χ4n) is 3.55. The number of anilines is 3. The zero-order valence-electron chi connectivity index (χ0n) is 15.4. The first-order valence-corrected chi connectivity index (χ1v) is 9.35. The first kappa shape index (κ1) is 17.2. The molecule has 0 radical (unpaired) electrons. The number of hydrogen-bond acceptors (Lipinski definition) is 6. The number of benzene rings is 1. The van der Waals surface area contributed by atoms with E-state index in [2.05, 4.69) is 58.3 Å². The molecule has 2 aromatic rings. The van der Waals surface area contributed by atoms with Crippen LogP contribution >= 0.6 is 0 Å². The van der Waals surface area contributed by atoms with E-state index < -0.39 is 0 Å². The average Bonchev–Trinajstić information content (AvgIpc) is 3.11. The summed E-state index contributed by atoms with van der Waals surface area (Å²) in [6.45, 7) is 7.56. The Kier molecular flexibility index (Phi) is 4.78. The van der Waals surface area contributed by atoms with E-state index in [-0.39, 0.29) is 5.79 Å². The van der Waals surface area contributed by atoms with Crippen molar-refractivity contribution in [2.24, 2.45) is 0 Å². The van der Waals surface area contributed by atoms with Gasteiger partial charge in [-0.05, 0) is 23.6 Å². The van der Waals surface area contributed by atoms with E-state index in [1.165, 1.54) is 5.56 Å². The van der Waals surface area contributed by atoms with Crippen LogP contribution in [0.2, 0.25) is 0 Å². The number of nitrogens with zero attached hydrogens (tertiary/aromatic N) is 3. The Morgan fingerprint density at radius 2 is 1.73 bits per heavy atom. The SMILES string of the molecule is CC(C)c1ccc(Nc2cc(N3CCC4(CC3)OCCO4)ncn2)cc1. The van der Waals surface area contributed by atoms with Gasteiger partial charge in [0.15, 0.2) is 5.79 Å². The Morgan fingerprint density at radius 1 is 1.04 bits per heavy atom. The first-order valence-electron chi connectivity index (χ1n) is 9.35. The second-order valence-electron chi connectivity index (χ2n) is 7.26. The van der Waals surface area contributed by atoms with Gasteiger partial charge in [-0.3, -0.25) is 0 Å². The molecule has 0 amide bonds. The van der Waals surface area contributed by atoms with Crippen molar-refractivity contribution in [3.63, 3.8) is 0 Å². The third kappa shape index (κ3) is 3.66. The second-order valence-corrected chi connectivity index (χ2v) is 7.26. The Bertz CT molecular complexity index is 732. The Labute approximate surface area is 154 Å². The third-order valence-corrected chi connectivity index (χ3v) is 5.17. The largest absolute Gasteiger partial charge is 0.356 e. The first-order chi connectivity index (χ1) is 12.6. The maximum absolute atomic E-state index is 5.80. The van der Waals surface area contributed by atoms with Crippen LogP contribution in [0.1, 0.15) is 38.2 Å². The summed E-state index contributed by atoms with van der Waals surface area (Å²) in [5.74, 6) is 1.92. The van der Waals surface area contributed by atoms with Crippen LogP contribution in [-0.4, -0.2) is 42.1 Å². The molecule has 2 fully saturated rings. The molecule has 0 aliphatic carbocycles. The number of rotatable bonds is 4. The molecule has 2 aliphatic heterocycles. The molecular formula is C20H26N4O2. The molecule has 0 bridgehead atoms. The summed E-state index contributed by atoms with van der Waals surface area (Å²) in [6.07, 6.45) is 3.36. The van der Waals surface area contributed by atoms with Gasteiger partial charge in [-0.1, -0.05) is 26.0 Å². The molecule has 2 saturated heterocycles. The van der Waals surface area contributed by atoms with Crippen LogP contribution in [0.15, 0.2) is 36.7 Å². The van der Waals surface area contributed by atoms with Gasteiger partial charge in [0.05, 0.1) is 13.2 Å². The fourth-order valence-corrected chi connectivity index (χ4v) is 3.55. The predicted molar refractivity (Wildman–Crippen MR) is 102 cm³/mol. The molecule has 3 heterocycles. The van der Waals surface area contributed by atoms with Crippen molar-refractivity contribution in [3.8, 4) is 0 Å². The van der Waals surface area contributed by atoms with Crippen LogP contribution < -0.4 is 10.2 Å². The molecule has 1 spiro atoms. The molecule has 6 heteroatoms. The van der Waals surface area contributed by atoms with Gasteiger partial charge in [-0.2, -0.15) is 0 Å². The van der Waals surface area contributed by atoms with Gasteiger partial charge in [-0.15, -0.1) is 0 Å². The zero-order chi connectivity index (χ0) is 18.0. The van der Waals surface area contributed by atoms with Crippen LogP contribution in [0.5, 0.6) is 0 Å². The minimum Gasteiger partial charge on any atom is -0.356 e. The highest BCUT2D eigenvalue weighted by Crippen LogP contribution is 2.33. The van der Waals surface area contributed by atoms with Gasteiger partial charge in [0.2, 0.25) is 0 Å². The molecule has 2 aliphatic rings. The highest BCUT2D eigenvalue weighted by Gasteiger charge is 2.40. The van der Waals surface area contributed by atoms with E-state index in [1.54, 1.807) is 6.33 Å². The monoisotopic (exact) mass is 354 g/mol. The lowest BCUT2D eigenvalue weighted by atomic mass is 10.0. The summed E-state index contributed by atoms with van der Waals surface area (Å²) in [5.41, 5.74) is 2.36. The lowest BCUT2D eigenvalue weighted by molar-refractivity contribution is -0.169. The van der Waals surface area contributed by atoms with E-state index in [0.717, 1.165) is 43.3 Å². The molecule has 1 aromatic heterocycles. The van der Waals surface area contributed by atoms with E-state index in [0.29, 0.717) is 19.1 Å². The average molecular weight is 354 g/mol. The number of hydrogen-bond donors (Lipinski definition) is 1. The summed E-state index contributed by atoms with van der Waals surface area (Å²) in [6, 6.07) is 10.5. The standard InChI is InChI=1S/C20H26N4O2/c1-15(2)16-3-5-17(6-4-16)23-18-13-19(22-14-21-18)24-9-7-20(8-10-24)25-11-12-26-20/h3-6,13-15H,7-12H2,1-2H3,(H,21,22,23). The van der Waals surface area contributed by atoms with Crippen LogP contribution in [0.25, 0.3) is 0 Å². The van der Waals surface area contributed by atoms with Crippen molar-refractivity contribution in [1.29, 1.82) is 0 Å². The molecular weight excluding hydrogens is 328 g/mol. The zero-order valence-corrected chi connectivity index (χ0v) is 15.4. The Balaban J connectivity index is 1.42. The Hall–Kier alpha value is -2.18. The molecule has 26 heavy (non-hydrogen) atoms. The summed E-state index contributed by atoms with van der Waals surface area (Å²) in [7, 11) is 0. The molecule has 0 atom stereocenters. The van der Waals surface area contributed by atoms with Crippen LogP contribution in [0.3, 0.4) is 0 Å². The summed E-state index contributed by atoms with van der Waals surface area (Å²) in [4.78, 5) is 11.1. The van der Waals surface area contributed by atoms with Crippen LogP contribution in [0.4, 0.5) is 17.3 Å². The van der Waals surface area contributed by atoms with Gasteiger partial charge < -0.3 is 19.7 Å². The molecule has 4 rings (SSSR count).